The van der Waals surface area contributed by atoms with Gasteiger partial charge in [-0.2, -0.15) is 0 Å². The Bertz CT molecular complexity index is 2060. The van der Waals surface area contributed by atoms with Crippen LogP contribution in [0, 0.1) is 27.7 Å². The van der Waals surface area contributed by atoms with Crippen LogP contribution < -0.4 is 9.05 Å². The fourth-order valence-corrected chi connectivity index (χ4v) is 7.97. The van der Waals surface area contributed by atoms with Crippen LogP contribution in [0.5, 0.6) is 23.0 Å². The van der Waals surface area contributed by atoms with Gasteiger partial charge in [0.15, 0.2) is 0 Å². The van der Waals surface area contributed by atoms with E-state index in [4.69, 9.17) is 28.0 Å². The average molecular weight is 805 g/mol. The van der Waals surface area contributed by atoms with Crippen LogP contribution in [0.3, 0.4) is 0 Å². The zero-order valence-corrected chi connectivity index (χ0v) is 35.9. The second-order valence-electron chi connectivity index (χ2n) is 14.9. The summed E-state index contributed by atoms with van der Waals surface area (Å²) in [5, 5.41) is 20.8. The number of phenols is 2. The van der Waals surface area contributed by atoms with Gasteiger partial charge in [0.05, 0.1) is 19.9 Å². The molecular weight excluding hydrogens is 747 g/mol. The number of phenolic OH excluding ortho intramolecular Hbond substituents is 2. The maximum atomic E-state index is 14.4. The van der Waals surface area contributed by atoms with Crippen molar-refractivity contribution in [1.29, 1.82) is 0 Å². The Balaban J connectivity index is 1.78. The number of hydrogen-bond acceptors (Lipinski definition) is 11. The summed E-state index contributed by atoms with van der Waals surface area (Å²) in [6.07, 6.45) is -0.766. The molecule has 0 fully saturated rings. The highest BCUT2D eigenvalue weighted by Crippen LogP contribution is 2.50. The van der Waals surface area contributed by atoms with Gasteiger partial charge >= 0.3 is 19.9 Å². The summed E-state index contributed by atoms with van der Waals surface area (Å²) in [6.45, 7) is 19.9. The number of rotatable bonds is 16. The Labute approximate surface area is 336 Å². The van der Waals surface area contributed by atoms with Gasteiger partial charge in [-0.3, -0.25) is 0 Å². The van der Waals surface area contributed by atoms with Gasteiger partial charge in [-0.05, 0) is 146 Å². The van der Waals surface area contributed by atoms with Crippen LogP contribution in [0.15, 0.2) is 48.5 Å². The standard InChI is InChI=1S/C45H57O11P/c1-12-51-44(48)53-24-39-30(9)38(23-33-15-17-42(47)36(21-33)27(5)6)31(10)40(25-54-45(49)52-13-2)43(39)56-57(11,50)55-34-18-28(7)37(29(8)19-34)22-32-14-16-41(46)35(20-32)26(3)4/h14-21,26-27,46-47H,12-13,22-25H2,1-11H3. The Morgan fingerprint density at radius 2 is 1.04 bits per heavy atom. The molecule has 308 valence electrons. The summed E-state index contributed by atoms with van der Waals surface area (Å²) in [6, 6.07) is 14.7. The summed E-state index contributed by atoms with van der Waals surface area (Å²) < 4.78 is 48.1. The SMILES string of the molecule is CCOC(=O)OCc1c(C)c(Cc2ccc(O)c(C(C)C)c2)c(C)c(COC(=O)OCC)c1OP(C)(=O)Oc1cc(C)c(Cc2ccc(O)c(C(C)C)c2)c(C)c1. The molecule has 11 nitrogen and oxygen atoms in total. The molecule has 0 bridgehead atoms. The van der Waals surface area contributed by atoms with Crippen LogP contribution in [0.4, 0.5) is 9.59 Å². The molecule has 1 atom stereocenters. The highest BCUT2D eigenvalue weighted by atomic mass is 31.2. The van der Waals surface area contributed by atoms with Crippen molar-refractivity contribution in [2.45, 2.75) is 107 Å². The van der Waals surface area contributed by atoms with E-state index in [9.17, 15) is 24.4 Å². The molecule has 0 saturated carbocycles. The Kier molecular flexibility index (Phi) is 15.1. The lowest BCUT2D eigenvalue weighted by Crippen LogP contribution is -2.15. The lowest BCUT2D eigenvalue weighted by molar-refractivity contribution is 0.0524. The van der Waals surface area contributed by atoms with E-state index >= 15 is 0 Å². The zero-order valence-electron chi connectivity index (χ0n) is 35.0. The summed E-state index contributed by atoms with van der Waals surface area (Å²) in [7, 11) is -4.00. The molecule has 0 amide bonds. The first-order valence-corrected chi connectivity index (χ1v) is 21.3. The van der Waals surface area contributed by atoms with E-state index in [1.807, 2.05) is 91.8 Å². The predicted octanol–water partition coefficient (Wildman–Crippen LogP) is 11.4. The van der Waals surface area contributed by atoms with Gasteiger partial charge in [0.1, 0.15) is 36.2 Å². The number of hydrogen-bond donors (Lipinski definition) is 2. The van der Waals surface area contributed by atoms with Crippen LogP contribution in [0.1, 0.15) is 120 Å². The second-order valence-corrected chi connectivity index (χ2v) is 16.8. The van der Waals surface area contributed by atoms with E-state index < -0.39 is 19.9 Å². The molecule has 1 unspecified atom stereocenters. The third kappa shape index (κ3) is 11.5. The molecule has 0 saturated heterocycles. The summed E-state index contributed by atoms with van der Waals surface area (Å²) in [5.41, 5.74) is 9.53. The largest absolute Gasteiger partial charge is 0.508 e. The van der Waals surface area contributed by atoms with E-state index in [2.05, 4.69) is 0 Å². The van der Waals surface area contributed by atoms with E-state index in [1.165, 1.54) is 6.66 Å². The maximum Gasteiger partial charge on any atom is 0.508 e. The minimum atomic E-state index is -4.00. The van der Waals surface area contributed by atoms with Crippen molar-refractivity contribution in [2.24, 2.45) is 0 Å². The highest BCUT2D eigenvalue weighted by molar-refractivity contribution is 7.53. The molecule has 12 heteroatoms. The Morgan fingerprint density at radius 1 is 0.614 bits per heavy atom. The number of ether oxygens (including phenoxy) is 4. The summed E-state index contributed by atoms with van der Waals surface area (Å²) in [4.78, 5) is 25.0. The van der Waals surface area contributed by atoms with Crippen molar-refractivity contribution in [2.75, 3.05) is 19.9 Å². The minimum Gasteiger partial charge on any atom is -0.508 e. The first-order chi connectivity index (χ1) is 26.8. The quantitative estimate of drug-likeness (QED) is 0.0823. The van der Waals surface area contributed by atoms with E-state index in [-0.39, 0.29) is 55.5 Å². The van der Waals surface area contributed by atoms with Crippen molar-refractivity contribution in [3.8, 4) is 23.0 Å². The molecule has 0 aromatic heterocycles. The molecule has 4 aromatic carbocycles. The third-order valence-corrected chi connectivity index (χ3v) is 11.0. The molecule has 4 rings (SSSR count). The Morgan fingerprint density at radius 3 is 1.44 bits per heavy atom. The van der Waals surface area contributed by atoms with Crippen molar-refractivity contribution in [1.82, 2.24) is 0 Å². The molecule has 0 spiro atoms. The molecule has 0 aliphatic heterocycles. The fraction of sp³-hybridized carbons (Fsp3) is 0.422. The summed E-state index contributed by atoms with van der Waals surface area (Å²) >= 11 is 0. The van der Waals surface area contributed by atoms with Crippen LogP contribution in [0.2, 0.25) is 0 Å². The number of carbonyl (C=O) groups is 2. The lowest BCUT2D eigenvalue weighted by atomic mass is 9.87. The van der Waals surface area contributed by atoms with Crippen LogP contribution >= 0.6 is 7.60 Å². The highest BCUT2D eigenvalue weighted by Gasteiger charge is 2.30. The topological polar surface area (TPSA) is 147 Å². The van der Waals surface area contributed by atoms with Gasteiger partial charge in [-0.15, -0.1) is 0 Å². The average Bonchev–Trinajstić information content (AvgIpc) is 3.12. The minimum absolute atomic E-state index is 0.0738. The molecule has 0 radical (unpaired) electrons. The first kappa shape index (κ1) is 44.6. The molecule has 57 heavy (non-hydrogen) atoms. The van der Waals surface area contributed by atoms with Crippen molar-refractivity contribution < 1.29 is 52.4 Å². The molecule has 0 aliphatic carbocycles. The molecule has 0 aliphatic rings. The second kappa shape index (κ2) is 19.3. The van der Waals surface area contributed by atoms with Gasteiger partial charge in [-0.25, -0.2) is 14.2 Å². The smallest absolute Gasteiger partial charge is 0.508 e. The number of aromatic hydroxyl groups is 2. The third-order valence-electron chi connectivity index (χ3n) is 9.94. The maximum absolute atomic E-state index is 14.4. The monoisotopic (exact) mass is 804 g/mol. The normalized spacial score (nSPS) is 12.3. The Hall–Kier alpha value is -5.15. The number of benzene rings is 4. The van der Waals surface area contributed by atoms with Gasteiger partial charge in [0.2, 0.25) is 0 Å². The molecule has 4 aromatic rings. The van der Waals surface area contributed by atoms with Crippen LogP contribution in [0.25, 0.3) is 0 Å². The van der Waals surface area contributed by atoms with Crippen LogP contribution in [-0.4, -0.2) is 42.4 Å². The summed E-state index contributed by atoms with van der Waals surface area (Å²) in [5.74, 6) is 1.13. The van der Waals surface area contributed by atoms with Crippen molar-refractivity contribution in [3.63, 3.8) is 0 Å². The van der Waals surface area contributed by atoms with Gasteiger partial charge < -0.3 is 38.2 Å². The number of aryl methyl sites for hydroxylation is 2. The number of carbonyl (C=O) groups excluding carboxylic acids is 2. The molecule has 2 N–H and O–H groups in total. The zero-order chi connectivity index (χ0) is 42.2. The van der Waals surface area contributed by atoms with Gasteiger partial charge in [-0.1, -0.05) is 52.0 Å². The molecular formula is C45H57O11P. The van der Waals surface area contributed by atoms with Crippen LogP contribution in [-0.2, 0) is 49.6 Å². The van der Waals surface area contributed by atoms with E-state index in [0.717, 1.165) is 44.5 Å². The van der Waals surface area contributed by atoms with Crippen molar-refractivity contribution >= 4 is 19.9 Å². The fourth-order valence-electron chi connectivity index (χ4n) is 6.89. The van der Waals surface area contributed by atoms with E-state index in [0.29, 0.717) is 40.8 Å². The first-order valence-electron chi connectivity index (χ1n) is 19.3. The van der Waals surface area contributed by atoms with Gasteiger partial charge in [0, 0.05) is 11.1 Å². The lowest BCUT2D eigenvalue weighted by Gasteiger charge is -2.26. The van der Waals surface area contributed by atoms with Crippen molar-refractivity contribution in [3.05, 3.63) is 115 Å². The predicted molar refractivity (Wildman–Crippen MR) is 220 cm³/mol. The van der Waals surface area contributed by atoms with Gasteiger partial charge in [0.25, 0.3) is 0 Å². The molecule has 0 heterocycles. The van der Waals surface area contributed by atoms with E-state index in [1.54, 1.807) is 26.0 Å².